The fourth-order valence-electron chi connectivity index (χ4n) is 4.79. The summed E-state index contributed by atoms with van der Waals surface area (Å²) < 4.78 is 44.9. The quantitative estimate of drug-likeness (QED) is 0.631. The number of nitrogens with one attached hydrogen (secondary N) is 1. The second kappa shape index (κ2) is 11.7. The van der Waals surface area contributed by atoms with Crippen molar-refractivity contribution in [1.29, 1.82) is 5.26 Å². The number of alkyl halides is 3. The minimum Gasteiger partial charge on any atom is -0.372 e. The Labute approximate surface area is 193 Å². The predicted octanol–water partition coefficient (Wildman–Crippen LogP) is 3.80. The average Bonchev–Trinajstić information content (AvgIpc) is 2.81. The molecule has 1 aliphatic carbocycles. The second-order valence-electron chi connectivity index (χ2n) is 8.85. The number of nitriles is 1. The summed E-state index contributed by atoms with van der Waals surface area (Å²) in [7, 11) is 0. The van der Waals surface area contributed by atoms with Crippen molar-refractivity contribution >= 4 is 11.6 Å². The Balaban J connectivity index is 1.42. The monoisotopic (exact) mass is 466 g/mol. The third-order valence-corrected chi connectivity index (χ3v) is 6.68. The van der Waals surface area contributed by atoms with Gasteiger partial charge in [0, 0.05) is 38.8 Å². The van der Waals surface area contributed by atoms with Crippen LogP contribution in [0.5, 0.6) is 0 Å². The van der Waals surface area contributed by atoms with Crippen LogP contribution in [-0.4, -0.2) is 62.8 Å². The Hall–Kier alpha value is -2.31. The molecule has 1 aromatic carbocycles. The molecular formula is C24H33F3N4O2. The highest BCUT2D eigenvalue weighted by Gasteiger charge is 2.35. The topological polar surface area (TPSA) is 68.6 Å². The van der Waals surface area contributed by atoms with Crippen molar-refractivity contribution in [2.24, 2.45) is 5.92 Å². The van der Waals surface area contributed by atoms with E-state index in [0.29, 0.717) is 31.3 Å². The van der Waals surface area contributed by atoms with E-state index in [9.17, 15) is 23.2 Å². The number of hydrogen-bond acceptors (Lipinski definition) is 5. The first-order valence-electron chi connectivity index (χ1n) is 11.8. The van der Waals surface area contributed by atoms with E-state index in [1.54, 1.807) is 12.1 Å². The predicted molar refractivity (Wildman–Crippen MR) is 120 cm³/mol. The van der Waals surface area contributed by atoms with Crippen molar-refractivity contribution in [1.82, 2.24) is 10.2 Å². The molecule has 1 N–H and O–H groups in total. The molecule has 6 nitrogen and oxygen atoms in total. The Kier molecular flexibility index (Phi) is 8.98. The van der Waals surface area contributed by atoms with Crippen LogP contribution in [0, 0.1) is 17.2 Å². The number of halogens is 3. The molecule has 2 fully saturated rings. The molecule has 1 saturated carbocycles. The summed E-state index contributed by atoms with van der Waals surface area (Å²) in [6.45, 7) is 6.24. The highest BCUT2D eigenvalue weighted by Crippen LogP contribution is 2.36. The maximum Gasteiger partial charge on any atom is 0.417 e. The zero-order chi connectivity index (χ0) is 23.8. The summed E-state index contributed by atoms with van der Waals surface area (Å²) in [4.78, 5) is 16.0. The SMILES string of the molecule is CCOCC(=O)N[C@H]1CC[C@H](CCN2CCN(c3cccc(C(F)(F)F)c3C#N)CC2)CC1. The maximum absolute atomic E-state index is 13.3. The van der Waals surface area contributed by atoms with Crippen LogP contribution in [0.25, 0.3) is 0 Å². The van der Waals surface area contributed by atoms with E-state index in [1.165, 1.54) is 6.07 Å². The van der Waals surface area contributed by atoms with Gasteiger partial charge in [-0.3, -0.25) is 9.69 Å². The van der Waals surface area contributed by atoms with Gasteiger partial charge in [0.15, 0.2) is 0 Å². The van der Waals surface area contributed by atoms with Gasteiger partial charge in [-0.25, -0.2) is 0 Å². The van der Waals surface area contributed by atoms with Gasteiger partial charge in [0.25, 0.3) is 0 Å². The Morgan fingerprint density at radius 2 is 1.88 bits per heavy atom. The summed E-state index contributed by atoms with van der Waals surface area (Å²) in [5, 5.41) is 12.4. The lowest BCUT2D eigenvalue weighted by Gasteiger charge is -2.37. The van der Waals surface area contributed by atoms with Gasteiger partial charge in [-0.1, -0.05) is 6.07 Å². The minimum absolute atomic E-state index is 0.0431. The summed E-state index contributed by atoms with van der Waals surface area (Å²) in [6, 6.07) is 5.95. The molecule has 1 aliphatic heterocycles. The van der Waals surface area contributed by atoms with Crippen LogP contribution in [0.15, 0.2) is 18.2 Å². The molecule has 33 heavy (non-hydrogen) atoms. The highest BCUT2D eigenvalue weighted by atomic mass is 19.4. The lowest BCUT2D eigenvalue weighted by molar-refractivity contribution is -0.137. The lowest BCUT2D eigenvalue weighted by atomic mass is 9.84. The summed E-state index contributed by atoms with van der Waals surface area (Å²) in [5.74, 6) is 0.593. The highest BCUT2D eigenvalue weighted by molar-refractivity contribution is 5.77. The summed E-state index contributed by atoms with van der Waals surface area (Å²) in [5.41, 5.74) is -0.783. The Morgan fingerprint density at radius 1 is 1.18 bits per heavy atom. The first-order chi connectivity index (χ1) is 15.8. The Bertz CT molecular complexity index is 824. The molecule has 182 valence electrons. The fourth-order valence-corrected chi connectivity index (χ4v) is 4.79. The van der Waals surface area contributed by atoms with E-state index >= 15 is 0 Å². The molecule has 1 saturated heterocycles. The number of anilines is 1. The number of carbonyl (C=O) groups is 1. The van der Waals surface area contributed by atoms with Crippen LogP contribution in [0.3, 0.4) is 0 Å². The number of piperazine rings is 1. The van der Waals surface area contributed by atoms with Crippen molar-refractivity contribution < 1.29 is 22.7 Å². The Morgan fingerprint density at radius 3 is 2.48 bits per heavy atom. The third-order valence-electron chi connectivity index (χ3n) is 6.68. The van der Waals surface area contributed by atoms with Crippen LogP contribution in [0.4, 0.5) is 18.9 Å². The van der Waals surface area contributed by atoms with Gasteiger partial charge in [0.2, 0.25) is 5.91 Å². The zero-order valence-corrected chi connectivity index (χ0v) is 19.2. The molecule has 0 bridgehead atoms. The number of nitrogens with zero attached hydrogens (tertiary/aromatic N) is 3. The van der Waals surface area contributed by atoms with Gasteiger partial charge in [-0.2, -0.15) is 18.4 Å². The van der Waals surface area contributed by atoms with E-state index in [1.807, 2.05) is 11.8 Å². The van der Waals surface area contributed by atoms with Crippen molar-refractivity contribution in [2.75, 3.05) is 50.8 Å². The molecule has 0 spiro atoms. The smallest absolute Gasteiger partial charge is 0.372 e. The second-order valence-corrected chi connectivity index (χ2v) is 8.85. The van der Waals surface area contributed by atoms with Crippen molar-refractivity contribution in [3.05, 3.63) is 29.3 Å². The maximum atomic E-state index is 13.3. The fraction of sp³-hybridized carbons (Fsp3) is 0.667. The van der Waals surface area contributed by atoms with Gasteiger partial charge in [0.05, 0.1) is 16.8 Å². The van der Waals surface area contributed by atoms with E-state index in [4.69, 9.17) is 4.74 Å². The van der Waals surface area contributed by atoms with E-state index < -0.39 is 11.7 Å². The van der Waals surface area contributed by atoms with Crippen molar-refractivity contribution in [3.8, 4) is 6.07 Å². The van der Waals surface area contributed by atoms with Gasteiger partial charge in [-0.05, 0) is 63.6 Å². The van der Waals surface area contributed by atoms with Crippen LogP contribution in [0.1, 0.15) is 50.2 Å². The van der Waals surface area contributed by atoms with E-state index in [2.05, 4.69) is 10.2 Å². The summed E-state index contributed by atoms with van der Waals surface area (Å²) >= 11 is 0. The van der Waals surface area contributed by atoms with Crippen LogP contribution < -0.4 is 10.2 Å². The summed E-state index contributed by atoms with van der Waals surface area (Å²) in [6.07, 6.45) is 0.719. The molecule has 0 atom stereocenters. The first kappa shape index (κ1) is 25.3. The van der Waals surface area contributed by atoms with Crippen molar-refractivity contribution in [3.63, 3.8) is 0 Å². The molecule has 1 aromatic rings. The number of hydrogen-bond donors (Lipinski definition) is 1. The molecular weight excluding hydrogens is 433 g/mol. The minimum atomic E-state index is -4.53. The molecule has 2 aliphatic rings. The van der Waals surface area contributed by atoms with E-state index in [0.717, 1.165) is 57.8 Å². The molecule has 0 aromatic heterocycles. The van der Waals surface area contributed by atoms with Gasteiger partial charge < -0.3 is 15.0 Å². The van der Waals surface area contributed by atoms with Crippen molar-refractivity contribution in [2.45, 2.75) is 51.2 Å². The van der Waals surface area contributed by atoms with E-state index in [-0.39, 0.29) is 24.1 Å². The first-order valence-corrected chi connectivity index (χ1v) is 11.8. The number of carbonyl (C=O) groups excluding carboxylic acids is 1. The third kappa shape index (κ3) is 7.08. The molecule has 9 heteroatoms. The van der Waals surface area contributed by atoms with Gasteiger partial charge >= 0.3 is 6.18 Å². The standard InChI is InChI=1S/C24H33F3N4O2/c1-2-33-17-23(32)29-19-8-6-18(7-9-19)10-11-30-12-14-31(15-13-30)22-5-3-4-21(20(22)16-28)24(25,26)27/h3-5,18-19H,2,6-15,17H2,1H3,(H,29,32)/t18-,19-. The van der Waals surface area contributed by atoms with Gasteiger partial charge in [0.1, 0.15) is 12.7 Å². The number of amides is 1. The normalized spacial score (nSPS) is 22.1. The average molecular weight is 467 g/mol. The molecule has 0 radical (unpaired) electrons. The molecule has 1 heterocycles. The largest absolute Gasteiger partial charge is 0.417 e. The van der Waals surface area contributed by atoms with Crippen LogP contribution >= 0.6 is 0 Å². The van der Waals surface area contributed by atoms with Crippen LogP contribution in [0.2, 0.25) is 0 Å². The van der Waals surface area contributed by atoms with Gasteiger partial charge in [-0.15, -0.1) is 0 Å². The molecule has 0 unspecified atom stereocenters. The molecule has 1 amide bonds. The zero-order valence-electron chi connectivity index (χ0n) is 19.2. The lowest BCUT2D eigenvalue weighted by Crippen LogP contribution is -2.47. The number of benzene rings is 1. The molecule has 3 rings (SSSR count). The number of rotatable bonds is 8. The van der Waals surface area contributed by atoms with Crippen LogP contribution in [-0.2, 0) is 15.7 Å². The number of ether oxygens (including phenoxy) is 1.